The van der Waals surface area contributed by atoms with E-state index in [0.717, 1.165) is 11.7 Å². The molecule has 47 heavy (non-hydrogen) atoms. The van der Waals surface area contributed by atoms with Crippen molar-refractivity contribution in [2.75, 3.05) is 32.0 Å². The van der Waals surface area contributed by atoms with E-state index in [1.165, 1.54) is 53.5 Å². The number of ether oxygens (including phenoxy) is 1. The first-order chi connectivity index (χ1) is 22.6. The number of rotatable bonds is 9. The quantitative estimate of drug-likeness (QED) is 0.0883. The summed E-state index contributed by atoms with van der Waals surface area (Å²) in [5.41, 5.74) is 2.48. The maximum Gasteiger partial charge on any atom is 0.305 e. The zero-order valence-electron chi connectivity index (χ0n) is 26.5. The highest BCUT2D eigenvalue weighted by Gasteiger charge is 2.12. The molecule has 0 saturated carbocycles. The lowest BCUT2D eigenvalue weighted by Gasteiger charge is -2.09. The summed E-state index contributed by atoms with van der Waals surface area (Å²) in [5, 5.41) is 4.87. The van der Waals surface area contributed by atoms with Gasteiger partial charge >= 0.3 is 5.97 Å². The summed E-state index contributed by atoms with van der Waals surface area (Å²) < 4.78 is 32.7. The second kappa shape index (κ2) is 18.5. The van der Waals surface area contributed by atoms with Crippen molar-refractivity contribution in [3.8, 4) is 0 Å². The molecule has 0 aliphatic carbocycles. The molecule has 3 aromatic heterocycles. The van der Waals surface area contributed by atoms with Crippen LogP contribution in [0.2, 0.25) is 0 Å². The third-order valence-electron chi connectivity index (χ3n) is 6.65. The van der Waals surface area contributed by atoms with E-state index in [-0.39, 0.29) is 36.0 Å². The average Bonchev–Trinajstić information content (AvgIpc) is 3.11. The topological polar surface area (TPSA) is 129 Å². The van der Waals surface area contributed by atoms with Crippen molar-refractivity contribution in [2.45, 2.75) is 29.6 Å². The predicted molar refractivity (Wildman–Crippen MR) is 181 cm³/mol. The lowest BCUT2D eigenvalue weighted by molar-refractivity contribution is -0.140. The Bertz CT molecular complexity index is 1890. The van der Waals surface area contributed by atoms with Gasteiger partial charge in [0.1, 0.15) is 23.1 Å². The van der Waals surface area contributed by atoms with Gasteiger partial charge in [0.15, 0.2) is 16.6 Å². The molecule has 0 aliphatic heterocycles. The molecule has 5 aromatic rings. The lowest BCUT2D eigenvalue weighted by Crippen LogP contribution is -2.22. The number of thioether (sulfide) groups is 2. The second-order valence-corrected chi connectivity index (χ2v) is 11.2. The Morgan fingerprint density at radius 3 is 2.11 bits per heavy atom. The number of hydrogen-bond donors (Lipinski definition) is 1. The summed E-state index contributed by atoms with van der Waals surface area (Å²) in [7, 11) is 4.72. The first kappa shape index (κ1) is 36.8. The molecule has 0 saturated heterocycles. The number of aryl methyl sites for hydroxylation is 2. The molecule has 0 spiro atoms. The number of carbonyl (C=O) groups excluding carboxylic acids is 2. The fourth-order valence-corrected chi connectivity index (χ4v) is 4.85. The van der Waals surface area contributed by atoms with Crippen molar-refractivity contribution in [1.29, 1.82) is 0 Å². The van der Waals surface area contributed by atoms with Gasteiger partial charge in [0.05, 0.1) is 12.7 Å². The molecular weight excluding hydrogens is 647 g/mol. The Kier molecular flexibility index (Phi) is 14.4. The standard InChI is InChI=1S/C16H14FN3OS.C10H11FO2.C7H9N3OS/c1-20-14-12(9-18-16(19-14)22-2)8-11(15(20)21)7-10-5-3-4-6-13(10)17;1-13-10(12)7-6-8-4-2-3-5-9(8)11;1-8-6-5(4-11)3-9-7(10-6)12-2/h3-6,8-9H,7H2,1-2H3;2-5H,6-7H2,1H3;3-4H,1-2H3,(H,8,9,10). The van der Waals surface area contributed by atoms with E-state index in [0.29, 0.717) is 50.5 Å². The Morgan fingerprint density at radius 1 is 0.936 bits per heavy atom. The number of nitrogens with one attached hydrogen (secondary N) is 1. The van der Waals surface area contributed by atoms with E-state index >= 15 is 0 Å². The predicted octanol–water partition coefficient (Wildman–Crippen LogP) is 5.76. The lowest BCUT2D eigenvalue weighted by atomic mass is 10.0. The highest BCUT2D eigenvalue weighted by Crippen LogP contribution is 2.18. The average molecular weight is 681 g/mol. The molecule has 14 heteroatoms. The zero-order chi connectivity index (χ0) is 34.3. The van der Waals surface area contributed by atoms with Gasteiger partial charge in [0.2, 0.25) is 0 Å². The number of methoxy groups -OCH3 is 1. The van der Waals surface area contributed by atoms with Crippen LogP contribution >= 0.6 is 23.5 Å². The van der Waals surface area contributed by atoms with Crippen molar-refractivity contribution in [3.63, 3.8) is 0 Å². The summed E-state index contributed by atoms with van der Waals surface area (Å²) >= 11 is 2.86. The molecule has 0 amide bonds. The van der Waals surface area contributed by atoms with Crippen LogP contribution in [-0.4, -0.2) is 63.4 Å². The number of aldehydes is 1. The first-order valence-corrected chi connectivity index (χ1v) is 16.6. The van der Waals surface area contributed by atoms with Crippen molar-refractivity contribution < 1.29 is 23.1 Å². The molecule has 0 bridgehead atoms. The number of aromatic nitrogens is 5. The normalized spacial score (nSPS) is 10.3. The fraction of sp³-hybridized carbons (Fsp3) is 0.242. The number of hydrogen-bond acceptors (Lipinski definition) is 11. The van der Waals surface area contributed by atoms with E-state index in [9.17, 15) is 23.2 Å². The summed E-state index contributed by atoms with van der Waals surface area (Å²) in [6.45, 7) is 0. The number of fused-ring (bicyclic) bond motifs is 1. The zero-order valence-corrected chi connectivity index (χ0v) is 28.1. The van der Waals surface area contributed by atoms with Crippen molar-refractivity contribution in [2.24, 2.45) is 7.05 Å². The van der Waals surface area contributed by atoms with Crippen molar-refractivity contribution in [1.82, 2.24) is 24.5 Å². The number of nitrogens with zero attached hydrogens (tertiary/aromatic N) is 5. The van der Waals surface area contributed by atoms with Crippen LogP contribution in [0, 0.1) is 11.6 Å². The van der Waals surface area contributed by atoms with Crippen molar-refractivity contribution >= 4 is 52.6 Å². The van der Waals surface area contributed by atoms with Gasteiger partial charge in [-0.05, 0) is 48.3 Å². The number of anilines is 1. The summed E-state index contributed by atoms with van der Waals surface area (Å²) in [6.07, 6.45) is 8.56. The highest BCUT2D eigenvalue weighted by atomic mass is 32.2. The van der Waals surface area contributed by atoms with Gasteiger partial charge in [0.25, 0.3) is 5.56 Å². The summed E-state index contributed by atoms with van der Waals surface area (Å²) in [4.78, 5) is 50.3. The van der Waals surface area contributed by atoms with Gasteiger partial charge < -0.3 is 10.1 Å². The van der Waals surface area contributed by atoms with Crippen LogP contribution in [0.4, 0.5) is 14.6 Å². The maximum absolute atomic E-state index is 13.8. The van der Waals surface area contributed by atoms with Crippen molar-refractivity contribution in [3.05, 3.63) is 111 Å². The van der Waals surface area contributed by atoms with Gasteiger partial charge in [0, 0.05) is 50.3 Å². The van der Waals surface area contributed by atoms with E-state index in [1.54, 1.807) is 62.8 Å². The van der Waals surface area contributed by atoms with E-state index < -0.39 is 0 Å². The summed E-state index contributed by atoms with van der Waals surface area (Å²) in [6, 6.07) is 14.6. The third kappa shape index (κ3) is 10.4. The largest absolute Gasteiger partial charge is 0.469 e. The van der Waals surface area contributed by atoms with Crippen LogP contribution in [0.1, 0.15) is 33.5 Å². The van der Waals surface area contributed by atoms with Gasteiger partial charge in [-0.1, -0.05) is 59.9 Å². The second-order valence-electron chi connectivity index (χ2n) is 9.63. The van der Waals surface area contributed by atoms with E-state index in [2.05, 4.69) is 30.0 Å². The Balaban J connectivity index is 0.000000206. The fourth-order valence-electron chi connectivity index (χ4n) is 4.17. The molecule has 5 rings (SSSR count). The van der Waals surface area contributed by atoms with Crippen LogP contribution in [0.3, 0.4) is 0 Å². The molecule has 246 valence electrons. The van der Waals surface area contributed by atoms with E-state index in [1.807, 2.05) is 12.5 Å². The van der Waals surface area contributed by atoms with Crippen LogP contribution in [-0.2, 0) is 29.4 Å². The van der Waals surface area contributed by atoms with Crippen LogP contribution in [0.15, 0.2) is 82.1 Å². The molecule has 0 fully saturated rings. The number of benzene rings is 2. The highest BCUT2D eigenvalue weighted by molar-refractivity contribution is 7.98. The molecule has 0 unspecified atom stereocenters. The minimum absolute atomic E-state index is 0.165. The minimum atomic E-state index is -0.316. The monoisotopic (exact) mass is 680 g/mol. The first-order valence-electron chi connectivity index (χ1n) is 14.1. The van der Waals surface area contributed by atoms with Gasteiger partial charge in [-0.25, -0.2) is 28.7 Å². The Morgan fingerprint density at radius 2 is 1.53 bits per heavy atom. The van der Waals surface area contributed by atoms with Gasteiger partial charge in [-0.15, -0.1) is 0 Å². The Labute approximate surface area is 279 Å². The molecule has 2 aromatic carbocycles. The maximum atomic E-state index is 13.8. The van der Waals surface area contributed by atoms with Gasteiger partial charge in [-0.2, -0.15) is 0 Å². The number of pyridine rings is 1. The molecular formula is C33H34F2N6O4S2. The van der Waals surface area contributed by atoms with Crippen LogP contribution in [0.5, 0.6) is 0 Å². The number of halogens is 2. The molecule has 10 nitrogen and oxygen atoms in total. The number of carbonyl (C=O) groups is 2. The minimum Gasteiger partial charge on any atom is -0.469 e. The third-order valence-corrected chi connectivity index (χ3v) is 7.77. The van der Waals surface area contributed by atoms with Crippen LogP contribution in [0.25, 0.3) is 11.0 Å². The molecule has 0 atom stereocenters. The molecule has 0 aliphatic rings. The summed E-state index contributed by atoms with van der Waals surface area (Å²) in [5.74, 6) is -0.322. The molecule has 1 N–H and O–H groups in total. The van der Waals surface area contributed by atoms with Gasteiger partial charge in [-0.3, -0.25) is 19.0 Å². The smallest absolute Gasteiger partial charge is 0.305 e. The van der Waals surface area contributed by atoms with E-state index in [4.69, 9.17) is 0 Å². The Hall–Kier alpha value is -4.69. The molecule has 0 radical (unpaired) electrons. The number of esters is 1. The SMILES string of the molecule is CNc1nc(SC)ncc1C=O.COC(=O)CCc1ccccc1F.CSc1ncc2cc(Cc3ccccc3F)c(=O)n(C)c2n1. The molecule has 3 heterocycles. The van der Waals surface area contributed by atoms with Crippen LogP contribution < -0.4 is 10.9 Å².